The van der Waals surface area contributed by atoms with E-state index in [1.54, 1.807) is 0 Å². The largest absolute Gasteiger partial charge is 3.00 e. The van der Waals surface area contributed by atoms with E-state index in [-0.39, 0.29) is 40.7 Å². The summed E-state index contributed by atoms with van der Waals surface area (Å²) >= 11 is 2.50. The molecule has 0 spiro atoms. The molecule has 0 amide bonds. The van der Waals surface area contributed by atoms with Crippen molar-refractivity contribution in [3.63, 3.8) is 0 Å². The van der Waals surface area contributed by atoms with Gasteiger partial charge < -0.3 is 0 Å². The Kier molecular flexibility index (Phi) is 111. The second kappa shape index (κ2) is 24.2. The van der Waals surface area contributed by atoms with E-state index < -0.39 is 0 Å². The van der Waals surface area contributed by atoms with E-state index in [0.717, 1.165) is 0 Å². The molecule has 5 heavy (non-hydrogen) atoms. The van der Waals surface area contributed by atoms with Crippen LogP contribution in [0, 0.1) is 0 Å². The molecule has 18 valence electrons. The molecule has 0 N–H and O–H groups in total. The molecule has 0 unspecified atom stereocenters. The molecule has 0 fully saturated rings. The molecule has 3 heteroatoms. The standard InChI is InChI=1S/2CH4.2K.Sc/h2*1H4;;;/q;;;;+3. The fourth-order valence-electron chi connectivity index (χ4n) is 0. The Morgan fingerprint density at radius 1 is 0.800 bits per heavy atom. The summed E-state index contributed by atoms with van der Waals surface area (Å²) in [7, 11) is 0. The van der Waals surface area contributed by atoms with Gasteiger partial charge in [0.2, 0.25) is 0 Å². The summed E-state index contributed by atoms with van der Waals surface area (Å²) in [4.78, 5) is 0. The molecule has 0 aromatic rings. The maximum atomic E-state index is 1.25. The predicted molar refractivity (Wildman–Crippen MR) is 25.0 cm³/mol. The van der Waals surface area contributed by atoms with E-state index in [2.05, 4.69) is 0 Å². The van der Waals surface area contributed by atoms with E-state index in [9.17, 15) is 0 Å². The van der Waals surface area contributed by atoms with Crippen LogP contribution in [0.15, 0.2) is 0 Å². The predicted octanol–water partition coefficient (Wildman–Crippen LogP) is 0.508. The van der Waals surface area contributed by atoms with Crippen LogP contribution < -0.4 is 0 Å². The van der Waals surface area contributed by atoms with Crippen LogP contribution in [0.3, 0.4) is 0 Å². The minimum absolute atomic E-state index is 0. The van der Waals surface area contributed by atoms with E-state index >= 15 is 0 Å². The maximum Gasteiger partial charge on any atom is 3.00 e. The van der Waals surface area contributed by atoms with Crippen molar-refractivity contribution < 1.29 is 25.8 Å². The zero-order chi connectivity index (χ0) is 2.00. The van der Waals surface area contributed by atoms with E-state index in [1.165, 1.54) is 63.2 Å². The van der Waals surface area contributed by atoms with Crippen LogP contribution in [0.4, 0.5) is 0 Å². The van der Waals surface area contributed by atoms with E-state index in [4.69, 9.17) is 0 Å². The van der Waals surface area contributed by atoms with E-state index in [1.807, 2.05) is 0 Å². The Hall–Kier alpha value is 4.14. The molecule has 0 rings (SSSR count). The van der Waals surface area contributed by atoms with Gasteiger partial charge >= 0.3 is 89.0 Å². The third-order valence-electron chi connectivity index (χ3n) is 0. The van der Waals surface area contributed by atoms with Crippen LogP contribution in [0.25, 0.3) is 0 Å². The third kappa shape index (κ3) is 17.9. The van der Waals surface area contributed by atoms with Crippen LogP contribution in [0.2, 0.25) is 0 Å². The molecular formula is C2H8K2Sc+3. The number of rotatable bonds is 0. The fourth-order valence-corrected chi connectivity index (χ4v) is 0. The number of hydrogen-bond acceptors (Lipinski definition) is 0. The molecule has 0 aromatic heterocycles. The van der Waals surface area contributed by atoms with Crippen LogP contribution >= 0.6 is 0 Å². The second-order valence-electron chi connectivity index (χ2n) is 0. The number of hydrogen-bond donors (Lipinski definition) is 0. The molecule has 0 aliphatic carbocycles. The minimum Gasteiger partial charge on any atom is 3.00 e. The topological polar surface area (TPSA) is 0 Å². The van der Waals surface area contributed by atoms with Gasteiger partial charge in [-0.25, -0.2) is 0 Å². The summed E-state index contributed by atoms with van der Waals surface area (Å²) in [6, 6.07) is 0. The van der Waals surface area contributed by atoms with Crippen molar-refractivity contribution in [1.82, 2.24) is 0 Å². The Labute approximate surface area is 99.2 Å². The van der Waals surface area contributed by atoms with Crippen molar-refractivity contribution in [2.45, 2.75) is 14.9 Å². The van der Waals surface area contributed by atoms with Gasteiger partial charge in [0.05, 0.1) is 0 Å². The van der Waals surface area contributed by atoms with Crippen molar-refractivity contribution >= 4 is 63.2 Å². The van der Waals surface area contributed by atoms with Crippen molar-refractivity contribution in [3.05, 3.63) is 0 Å². The first-order valence-electron chi connectivity index (χ1n) is 1.00. The Morgan fingerprint density at radius 2 is 0.800 bits per heavy atom. The molecule has 0 aliphatic heterocycles. The normalized spacial score (nSPS) is 1.60. The molecule has 0 bridgehead atoms. The van der Waals surface area contributed by atoms with Gasteiger partial charge in [-0.05, 0) is 0 Å². The van der Waals surface area contributed by atoms with Crippen LogP contribution in [0.5, 0.6) is 0 Å². The first-order chi connectivity index (χ1) is 1.00. The third-order valence-corrected chi connectivity index (χ3v) is 0. The van der Waals surface area contributed by atoms with Gasteiger partial charge in [0.15, 0.2) is 0 Å². The fraction of sp³-hybridized carbons (Fsp3) is 1.00. The summed E-state index contributed by atoms with van der Waals surface area (Å²) in [5.41, 5.74) is 0. The molecule has 0 atom stereocenters. The zero-order valence-electron chi connectivity index (χ0n) is 2.58. The molecule has 0 heterocycles. The van der Waals surface area contributed by atoms with Gasteiger partial charge in [-0.2, -0.15) is 0 Å². The summed E-state index contributed by atoms with van der Waals surface area (Å²) < 4.78 is 0. The first kappa shape index (κ1) is 22.9. The maximum absolute atomic E-state index is 1.25. The summed E-state index contributed by atoms with van der Waals surface area (Å²) in [5.74, 6) is 0. The minimum atomic E-state index is 0. The molecule has 0 aromatic carbocycles. The van der Waals surface area contributed by atoms with Gasteiger partial charge in [0.1, 0.15) is 0 Å². The van der Waals surface area contributed by atoms with Crippen LogP contribution in [-0.2, 0) is 25.8 Å². The van der Waals surface area contributed by atoms with Gasteiger partial charge in [-0.3, -0.25) is 0 Å². The Bertz CT molecular complexity index is 7.61. The average Bonchev–Trinajstić information content (AvgIpc) is 1.00. The summed E-state index contributed by atoms with van der Waals surface area (Å²) in [6.45, 7) is 0. The molecule has 0 aliphatic rings. The molecule has 0 nitrogen and oxygen atoms in total. The monoisotopic (exact) mass is 155 g/mol. The van der Waals surface area contributed by atoms with Gasteiger partial charge in [0.25, 0.3) is 0 Å². The Balaban J connectivity index is -0.00000000167. The second-order valence-corrected chi connectivity index (χ2v) is 0. The SMILES string of the molecule is C.C.[K][K].[Sc+3]. The molecular weight excluding hydrogens is 147 g/mol. The van der Waals surface area contributed by atoms with Crippen molar-refractivity contribution in [1.29, 1.82) is 0 Å². The summed E-state index contributed by atoms with van der Waals surface area (Å²) in [5, 5.41) is 0. The van der Waals surface area contributed by atoms with Gasteiger partial charge in [-0.1, -0.05) is 14.9 Å². The van der Waals surface area contributed by atoms with Gasteiger partial charge in [0, 0.05) is 0 Å². The molecule has 0 saturated heterocycles. The summed E-state index contributed by atoms with van der Waals surface area (Å²) in [6.07, 6.45) is 0. The Morgan fingerprint density at radius 3 is 0.800 bits per heavy atom. The zero-order valence-corrected chi connectivity index (χ0v) is 10.6. The van der Waals surface area contributed by atoms with Crippen LogP contribution in [-0.4, -0.2) is 63.2 Å². The smallest absolute Gasteiger partial charge is 3.00 e. The average molecular weight is 155 g/mol. The quantitative estimate of drug-likeness (QED) is 0.447. The van der Waals surface area contributed by atoms with Crippen molar-refractivity contribution in [3.8, 4) is 0 Å². The molecule has 0 saturated carbocycles. The van der Waals surface area contributed by atoms with Crippen LogP contribution in [0.1, 0.15) is 14.9 Å². The van der Waals surface area contributed by atoms with Gasteiger partial charge in [-0.15, -0.1) is 0 Å². The van der Waals surface area contributed by atoms with Crippen molar-refractivity contribution in [2.75, 3.05) is 0 Å². The van der Waals surface area contributed by atoms with E-state index in [0.29, 0.717) is 0 Å². The first-order valence-corrected chi connectivity index (χ1v) is 17.0. The molecule has 0 radical (unpaired) electrons. The van der Waals surface area contributed by atoms with Crippen molar-refractivity contribution in [2.24, 2.45) is 0 Å².